The number of benzene rings is 2. The lowest BCUT2D eigenvalue weighted by molar-refractivity contribution is -0.124. The van der Waals surface area contributed by atoms with Gasteiger partial charge in [0.1, 0.15) is 17.5 Å². The second-order valence-corrected chi connectivity index (χ2v) is 8.96. The highest BCUT2D eigenvalue weighted by atomic mass is 19.1. The Hall–Kier alpha value is -2.80. The van der Waals surface area contributed by atoms with E-state index >= 15 is 0 Å². The SMILES string of the molecule is CC.O=C(CC1CC(c2c(-c3ccc(F)cc3)[nH]c3c(F)cc(F)cc23)C1)NC1(CO)CC1. The number of hydrogen-bond acceptors (Lipinski definition) is 2. The maximum Gasteiger partial charge on any atom is 0.220 e. The van der Waals surface area contributed by atoms with Gasteiger partial charge >= 0.3 is 0 Å². The number of hydrogen-bond donors (Lipinski definition) is 3. The lowest BCUT2D eigenvalue weighted by atomic mass is 9.69. The first kappa shape index (κ1) is 23.4. The van der Waals surface area contributed by atoms with Crippen LogP contribution in [0.2, 0.25) is 0 Å². The molecule has 176 valence electrons. The van der Waals surface area contributed by atoms with E-state index in [9.17, 15) is 23.1 Å². The lowest BCUT2D eigenvalue weighted by Gasteiger charge is -2.36. The van der Waals surface area contributed by atoms with Crippen LogP contribution in [0.1, 0.15) is 57.4 Å². The monoisotopic (exact) mass is 458 g/mol. The number of aromatic amines is 1. The van der Waals surface area contributed by atoms with Crippen LogP contribution in [-0.4, -0.2) is 28.1 Å². The molecule has 1 heterocycles. The van der Waals surface area contributed by atoms with Crippen molar-refractivity contribution in [1.29, 1.82) is 0 Å². The first-order chi connectivity index (χ1) is 15.9. The van der Waals surface area contributed by atoms with Crippen molar-refractivity contribution < 1.29 is 23.1 Å². The normalized spacial score (nSPS) is 20.5. The average molecular weight is 459 g/mol. The fourth-order valence-corrected chi connectivity index (χ4v) is 4.73. The van der Waals surface area contributed by atoms with Gasteiger partial charge in [-0.1, -0.05) is 13.8 Å². The van der Waals surface area contributed by atoms with Crippen LogP contribution in [0.3, 0.4) is 0 Å². The summed E-state index contributed by atoms with van der Waals surface area (Å²) in [7, 11) is 0. The molecule has 2 saturated carbocycles. The van der Waals surface area contributed by atoms with Gasteiger partial charge in [0.15, 0.2) is 0 Å². The Morgan fingerprint density at radius 1 is 1.09 bits per heavy atom. The van der Waals surface area contributed by atoms with Gasteiger partial charge in [-0.15, -0.1) is 0 Å². The smallest absolute Gasteiger partial charge is 0.220 e. The largest absolute Gasteiger partial charge is 0.394 e. The molecule has 0 unspecified atom stereocenters. The van der Waals surface area contributed by atoms with Crippen molar-refractivity contribution in [3.05, 3.63) is 59.4 Å². The molecule has 2 fully saturated rings. The van der Waals surface area contributed by atoms with Crippen molar-refractivity contribution in [2.45, 2.75) is 57.4 Å². The molecular formula is C26H29F3N2O2. The number of carbonyl (C=O) groups excluding carboxylic acids is 1. The Labute approximate surface area is 191 Å². The van der Waals surface area contributed by atoms with Gasteiger partial charge < -0.3 is 15.4 Å². The number of amides is 1. The number of aliphatic hydroxyl groups excluding tert-OH is 1. The predicted molar refractivity (Wildman–Crippen MR) is 122 cm³/mol. The summed E-state index contributed by atoms with van der Waals surface area (Å²) >= 11 is 0. The van der Waals surface area contributed by atoms with Crippen molar-refractivity contribution in [2.75, 3.05) is 6.61 Å². The summed E-state index contributed by atoms with van der Waals surface area (Å²) in [5.41, 5.74) is 1.97. The first-order valence-corrected chi connectivity index (χ1v) is 11.6. The van der Waals surface area contributed by atoms with Crippen LogP contribution in [0.25, 0.3) is 22.2 Å². The number of nitrogens with one attached hydrogen (secondary N) is 2. The molecule has 3 N–H and O–H groups in total. The van der Waals surface area contributed by atoms with Crippen LogP contribution in [-0.2, 0) is 4.79 Å². The van der Waals surface area contributed by atoms with Crippen LogP contribution in [0.15, 0.2) is 36.4 Å². The quantitative estimate of drug-likeness (QED) is 0.437. The number of aliphatic hydroxyl groups is 1. The van der Waals surface area contributed by atoms with E-state index in [1.165, 1.54) is 18.2 Å². The zero-order valence-electron chi connectivity index (χ0n) is 18.9. The van der Waals surface area contributed by atoms with Crippen LogP contribution >= 0.6 is 0 Å². The Balaban J connectivity index is 0.00000126. The van der Waals surface area contributed by atoms with Gasteiger partial charge in [-0.2, -0.15) is 0 Å². The second kappa shape index (κ2) is 9.21. The van der Waals surface area contributed by atoms with Crippen molar-refractivity contribution in [1.82, 2.24) is 10.3 Å². The molecule has 2 aliphatic carbocycles. The Morgan fingerprint density at radius 2 is 1.76 bits per heavy atom. The van der Waals surface area contributed by atoms with Gasteiger partial charge in [0.05, 0.1) is 23.4 Å². The van der Waals surface area contributed by atoms with Crippen LogP contribution in [0, 0.1) is 23.4 Å². The Morgan fingerprint density at radius 3 is 2.36 bits per heavy atom. The van der Waals surface area contributed by atoms with E-state index < -0.39 is 17.2 Å². The van der Waals surface area contributed by atoms with E-state index in [4.69, 9.17) is 0 Å². The third-order valence-corrected chi connectivity index (χ3v) is 6.68. The van der Waals surface area contributed by atoms with Gasteiger partial charge in [0.2, 0.25) is 5.91 Å². The van der Waals surface area contributed by atoms with Crippen molar-refractivity contribution in [3.8, 4) is 11.3 Å². The standard InChI is InChI=1S/C24H23F3N2O2.C2H6/c25-16-3-1-14(2-4-16)22-21(18-10-17(26)11-19(27)23(18)28-22)15-7-13(8-15)9-20(31)29-24(12-30)5-6-24;1-2/h1-4,10-11,13,15,28,30H,5-9,12H2,(H,29,31);1-2H3. The molecule has 33 heavy (non-hydrogen) atoms. The molecule has 2 aliphatic rings. The van der Waals surface area contributed by atoms with E-state index in [2.05, 4.69) is 10.3 Å². The predicted octanol–water partition coefficient (Wildman–Crippen LogP) is 5.80. The summed E-state index contributed by atoms with van der Waals surface area (Å²) in [5.74, 6) is -1.54. The number of halogens is 3. The van der Waals surface area contributed by atoms with Gasteiger partial charge in [-0.25, -0.2) is 13.2 Å². The highest BCUT2D eigenvalue weighted by Crippen LogP contribution is 2.49. The minimum atomic E-state index is -0.668. The van der Waals surface area contributed by atoms with Gasteiger partial charge in [0, 0.05) is 17.9 Å². The number of carbonyl (C=O) groups is 1. The second-order valence-electron chi connectivity index (χ2n) is 8.96. The van der Waals surface area contributed by atoms with Gasteiger partial charge in [-0.05, 0) is 79.0 Å². The molecule has 5 rings (SSSR count). The molecule has 1 aromatic heterocycles. The topological polar surface area (TPSA) is 65.1 Å². The summed E-state index contributed by atoms with van der Waals surface area (Å²) in [6, 6.07) is 8.08. The Bertz CT molecular complexity index is 1150. The van der Waals surface area contributed by atoms with Crippen LogP contribution in [0.4, 0.5) is 13.2 Å². The summed E-state index contributed by atoms with van der Waals surface area (Å²) in [6.07, 6.45) is 3.42. The van der Waals surface area contributed by atoms with Crippen LogP contribution < -0.4 is 5.32 Å². The highest BCUT2D eigenvalue weighted by molar-refractivity contribution is 5.92. The van der Waals surface area contributed by atoms with Crippen LogP contribution in [0.5, 0.6) is 0 Å². The summed E-state index contributed by atoms with van der Waals surface area (Å²) in [6.45, 7) is 3.96. The van der Waals surface area contributed by atoms with E-state index in [-0.39, 0.29) is 35.7 Å². The fraction of sp³-hybridized carbons (Fsp3) is 0.423. The maximum absolute atomic E-state index is 14.4. The molecule has 4 nitrogen and oxygen atoms in total. The molecular weight excluding hydrogens is 429 g/mol. The average Bonchev–Trinajstić information content (AvgIpc) is 3.44. The summed E-state index contributed by atoms with van der Waals surface area (Å²) in [5, 5.41) is 12.8. The van der Waals surface area contributed by atoms with Crippen molar-refractivity contribution in [3.63, 3.8) is 0 Å². The number of H-pyrrole nitrogens is 1. The lowest BCUT2D eigenvalue weighted by Crippen LogP contribution is -2.41. The highest BCUT2D eigenvalue weighted by Gasteiger charge is 2.44. The van der Waals surface area contributed by atoms with E-state index in [0.29, 0.717) is 23.1 Å². The Kier molecular flexibility index (Phi) is 6.52. The summed E-state index contributed by atoms with van der Waals surface area (Å²) < 4.78 is 41.9. The third kappa shape index (κ3) is 4.64. The first-order valence-electron chi connectivity index (χ1n) is 11.6. The van der Waals surface area contributed by atoms with Gasteiger partial charge in [-0.3, -0.25) is 4.79 Å². The molecule has 0 saturated heterocycles. The number of fused-ring (bicyclic) bond motifs is 1. The minimum absolute atomic E-state index is 0.0421. The van der Waals surface area contributed by atoms with E-state index in [0.717, 1.165) is 37.3 Å². The molecule has 0 spiro atoms. The third-order valence-electron chi connectivity index (χ3n) is 6.68. The zero-order valence-corrected chi connectivity index (χ0v) is 18.9. The zero-order chi connectivity index (χ0) is 23.8. The molecule has 1 amide bonds. The molecule has 0 bridgehead atoms. The van der Waals surface area contributed by atoms with E-state index in [1.807, 2.05) is 13.8 Å². The fourth-order valence-electron chi connectivity index (χ4n) is 4.73. The van der Waals surface area contributed by atoms with Gasteiger partial charge in [0.25, 0.3) is 0 Å². The number of aromatic nitrogens is 1. The molecule has 0 atom stereocenters. The number of rotatable bonds is 6. The molecule has 2 aromatic carbocycles. The molecule has 7 heteroatoms. The maximum atomic E-state index is 14.4. The van der Waals surface area contributed by atoms with Crippen molar-refractivity contribution >= 4 is 16.8 Å². The van der Waals surface area contributed by atoms with Crippen molar-refractivity contribution in [2.24, 2.45) is 5.92 Å². The van der Waals surface area contributed by atoms with E-state index in [1.54, 1.807) is 12.1 Å². The molecule has 3 aromatic rings. The minimum Gasteiger partial charge on any atom is -0.394 e. The summed E-state index contributed by atoms with van der Waals surface area (Å²) in [4.78, 5) is 15.4. The molecule has 0 radical (unpaired) electrons. The molecule has 0 aliphatic heterocycles.